The molecular weight excluding hydrogens is 400 g/mol. The fourth-order valence-electron chi connectivity index (χ4n) is 7.62. The van der Waals surface area contributed by atoms with Crippen LogP contribution in [0, 0.1) is 28.1 Å². The van der Waals surface area contributed by atoms with Gasteiger partial charge in [-0.2, -0.15) is 0 Å². The van der Waals surface area contributed by atoms with Crippen LogP contribution in [-0.4, -0.2) is 81.6 Å². The summed E-state index contributed by atoms with van der Waals surface area (Å²) in [5, 5.41) is 43.7. The summed E-state index contributed by atoms with van der Waals surface area (Å²) in [5.41, 5.74) is -5.52. The SMILES string of the molecule is C[C@@H]1C(O)OC(CO)[C@H](O)C23C4OC(=O)C12OC1OC(=O)CC13[C@H](C(C)(C)C)[C@H]4O. The van der Waals surface area contributed by atoms with Gasteiger partial charge in [0.2, 0.25) is 6.29 Å². The number of carbonyl (C=O) groups is 2. The fourth-order valence-corrected chi connectivity index (χ4v) is 7.62. The fraction of sp³-hybridized carbons (Fsp3) is 0.900. The Balaban J connectivity index is 1.88. The number of rotatable bonds is 1. The first-order chi connectivity index (χ1) is 13.9. The highest BCUT2D eigenvalue weighted by atomic mass is 16.7. The number of aliphatic hydroxyl groups is 4. The molecule has 1 aliphatic carbocycles. The van der Waals surface area contributed by atoms with E-state index in [2.05, 4.69) is 0 Å². The van der Waals surface area contributed by atoms with E-state index in [0.29, 0.717) is 0 Å². The second kappa shape index (κ2) is 5.73. The van der Waals surface area contributed by atoms with Gasteiger partial charge in [-0.25, -0.2) is 4.79 Å². The molecule has 4 saturated heterocycles. The topological polar surface area (TPSA) is 152 Å². The van der Waals surface area contributed by atoms with Crippen molar-refractivity contribution in [3.8, 4) is 0 Å². The average molecular weight is 428 g/mol. The minimum Gasteiger partial charge on any atom is -0.457 e. The monoisotopic (exact) mass is 428 g/mol. The van der Waals surface area contributed by atoms with Crippen LogP contribution < -0.4 is 0 Å². The molecule has 5 rings (SSSR count). The summed E-state index contributed by atoms with van der Waals surface area (Å²) in [5.74, 6) is -3.11. The molecule has 0 aromatic carbocycles. The van der Waals surface area contributed by atoms with Crippen LogP contribution in [0.4, 0.5) is 0 Å². The standard InChI is InChI=1S/C20H28O10/c1-7-14(25)27-8(6-21)12(24)19-13-10(23)11(17(2,3)4)18(19)5-9(22)28-16(18)30-20(7,19)15(26)29-13/h7-8,10-14,16,21,23-25H,5-6H2,1-4H3/t7-,8?,10-,11+,12+,13?,14?,16?,18?,19?,20?/m1/s1. The minimum atomic E-state index is -1.92. The smallest absolute Gasteiger partial charge is 0.340 e. The van der Waals surface area contributed by atoms with Gasteiger partial charge in [0.05, 0.1) is 36.1 Å². The summed E-state index contributed by atoms with van der Waals surface area (Å²) in [6.07, 6.45) is -8.32. The highest BCUT2D eigenvalue weighted by Gasteiger charge is 2.96. The number of esters is 2. The van der Waals surface area contributed by atoms with E-state index in [9.17, 15) is 30.0 Å². The zero-order valence-corrected chi connectivity index (χ0v) is 17.3. The summed E-state index contributed by atoms with van der Waals surface area (Å²) < 4.78 is 22.9. The largest absolute Gasteiger partial charge is 0.457 e. The molecule has 4 heterocycles. The molecule has 168 valence electrons. The van der Waals surface area contributed by atoms with Crippen LogP contribution in [0.15, 0.2) is 0 Å². The normalized spacial score (nSPS) is 56.8. The van der Waals surface area contributed by atoms with E-state index in [-0.39, 0.29) is 6.42 Å². The van der Waals surface area contributed by atoms with E-state index >= 15 is 0 Å². The van der Waals surface area contributed by atoms with Crippen molar-refractivity contribution < 1.29 is 49.0 Å². The van der Waals surface area contributed by atoms with E-state index in [1.807, 2.05) is 20.8 Å². The molecule has 30 heavy (non-hydrogen) atoms. The Kier molecular flexibility index (Phi) is 3.93. The van der Waals surface area contributed by atoms with E-state index in [0.717, 1.165) is 0 Å². The summed E-state index contributed by atoms with van der Waals surface area (Å²) >= 11 is 0. The Hall–Kier alpha value is -1.30. The van der Waals surface area contributed by atoms with Gasteiger partial charge in [-0.1, -0.05) is 27.7 Å². The van der Waals surface area contributed by atoms with Gasteiger partial charge in [0.25, 0.3) is 0 Å². The summed E-state index contributed by atoms with van der Waals surface area (Å²) in [7, 11) is 0. The van der Waals surface area contributed by atoms with Crippen molar-refractivity contribution >= 4 is 11.9 Å². The molecule has 0 aromatic rings. The molecule has 7 unspecified atom stereocenters. The number of aliphatic hydroxyl groups excluding tert-OH is 4. The zero-order chi connectivity index (χ0) is 22.0. The maximum atomic E-state index is 13.3. The van der Waals surface area contributed by atoms with Crippen molar-refractivity contribution in [2.75, 3.05) is 6.61 Å². The molecule has 4 aliphatic heterocycles. The number of hydrogen-bond donors (Lipinski definition) is 4. The molecule has 5 aliphatic rings. The van der Waals surface area contributed by atoms with Gasteiger partial charge in [-0.3, -0.25) is 4.79 Å². The van der Waals surface area contributed by atoms with Crippen LogP contribution in [0.3, 0.4) is 0 Å². The molecule has 11 atom stereocenters. The molecule has 4 N–H and O–H groups in total. The Morgan fingerprint density at radius 1 is 1.13 bits per heavy atom. The highest BCUT2D eigenvalue weighted by Crippen LogP contribution is 2.80. The summed E-state index contributed by atoms with van der Waals surface area (Å²) in [6.45, 7) is 6.52. The molecule has 0 amide bonds. The quantitative estimate of drug-likeness (QED) is 0.370. The van der Waals surface area contributed by atoms with Gasteiger partial charge < -0.3 is 39.4 Å². The Morgan fingerprint density at radius 2 is 1.80 bits per heavy atom. The van der Waals surface area contributed by atoms with Crippen LogP contribution in [-0.2, 0) is 28.5 Å². The van der Waals surface area contributed by atoms with E-state index < -0.39 is 89.2 Å². The third kappa shape index (κ3) is 1.81. The highest BCUT2D eigenvalue weighted by molar-refractivity contribution is 5.88. The second-order valence-electron chi connectivity index (χ2n) is 10.4. The minimum absolute atomic E-state index is 0.205. The molecule has 0 radical (unpaired) electrons. The van der Waals surface area contributed by atoms with Crippen molar-refractivity contribution in [2.24, 2.45) is 28.1 Å². The van der Waals surface area contributed by atoms with Gasteiger partial charge in [0, 0.05) is 11.8 Å². The van der Waals surface area contributed by atoms with Gasteiger partial charge in [-0.05, 0) is 5.41 Å². The third-order valence-electron chi connectivity index (χ3n) is 8.28. The first-order valence-corrected chi connectivity index (χ1v) is 10.3. The summed E-state index contributed by atoms with van der Waals surface area (Å²) in [4.78, 5) is 25.8. The Morgan fingerprint density at radius 3 is 2.40 bits per heavy atom. The zero-order valence-electron chi connectivity index (χ0n) is 17.3. The van der Waals surface area contributed by atoms with Crippen LogP contribution in [0.25, 0.3) is 0 Å². The molecule has 10 heteroatoms. The van der Waals surface area contributed by atoms with Gasteiger partial charge in [-0.15, -0.1) is 0 Å². The molecule has 10 nitrogen and oxygen atoms in total. The molecule has 0 bridgehead atoms. The van der Waals surface area contributed by atoms with Gasteiger partial charge in [0.15, 0.2) is 11.9 Å². The van der Waals surface area contributed by atoms with Crippen LogP contribution in [0.2, 0.25) is 0 Å². The lowest BCUT2D eigenvalue weighted by Crippen LogP contribution is -2.65. The van der Waals surface area contributed by atoms with Crippen molar-refractivity contribution in [2.45, 2.75) is 76.7 Å². The first-order valence-electron chi connectivity index (χ1n) is 10.3. The predicted octanol–water partition coefficient (Wildman–Crippen LogP) is -1.33. The Bertz CT molecular complexity index is 808. The molecule has 5 fully saturated rings. The van der Waals surface area contributed by atoms with Gasteiger partial charge >= 0.3 is 11.9 Å². The maximum absolute atomic E-state index is 13.3. The summed E-state index contributed by atoms with van der Waals surface area (Å²) in [6, 6.07) is 0. The second-order valence-corrected chi connectivity index (χ2v) is 10.4. The van der Waals surface area contributed by atoms with Crippen molar-refractivity contribution in [1.82, 2.24) is 0 Å². The van der Waals surface area contributed by atoms with Crippen molar-refractivity contribution in [3.05, 3.63) is 0 Å². The van der Waals surface area contributed by atoms with Crippen LogP contribution >= 0.6 is 0 Å². The van der Waals surface area contributed by atoms with E-state index in [1.54, 1.807) is 0 Å². The van der Waals surface area contributed by atoms with Gasteiger partial charge in [0.1, 0.15) is 12.2 Å². The third-order valence-corrected chi connectivity index (χ3v) is 8.28. The molecule has 2 spiro atoms. The lowest BCUT2D eigenvalue weighted by atomic mass is 9.49. The number of hydrogen-bond acceptors (Lipinski definition) is 10. The average Bonchev–Trinajstić information content (AvgIpc) is 3.23. The van der Waals surface area contributed by atoms with Crippen molar-refractivity contribution in [3.63, 3.8) is 0 Å². The predicted molar refractivity (Wildman–Crippen MR) is 95.1 cm³/mol. The van der Waals surface area contributed by atoms with E-state index in [4.69, 9.17) is 18.9 Å². The lowest BCUT2D eigenvalue weighted by molar-refractivity contribution is -0.235. The molecular formula is C20H28O10. The van der Waals surface area contributed by atoms with Crippen LogP contribution in [0.5, 0.6) is 0 Å². The van der Waals surface area contributed by atoms with E-state index in [1.165, 1.54) is 6.92 Å². The number of ether oxygens (including phenoxy) is 4. The lowest BCUT2D eigenvalue weighted by Gasteiger charge is -2.49. The maximum Gasteiger partial charge on any atom is 0.340 e. The molecule has 0 aromatic heterocycles. The number of carbonyl (C=O) groups excluding carboxylic acids is 2. The molecule has 1 saturated carbocycles. The van der Waals surface area contributed by atoms with Crippen molar-refractivity contribution in [1.29, 1.82) is 0 Å². The Labute approximate surface area is 173 Å². The van der Waals surface area contributed by atoms with Crippen LogP contribution in [0.1, 0.15) is 34.1 Å². The first kappa shape index (κ1) is 20.6.